The van der Waals surface area contributed by atoms with Crippen LogP contribution in [0.25, 0.3) is 0 Å². The topological polar surface area (TPSA) is 92.4 Å². The number of carbonyl (C=O) groups is 2. The number of aryl methyl sites for hydroxylation is 1. The second kappa shape index (κ2) is 8.49. The van der Waals surface area contributed by atoms with Gasteiger partial charge in [-0.15, -0.1) is 11.3 Å². The Balaban J connectivity index is 1.59. The van der Waals surface area contributed by atoms with E-state index in [9.17, 15) is 14.0 Å². The first kappa shape index (κ1) is 19.3. The van der Waals surface area contributed by atoms with Crippen molar-refractivity contribution in [3.8, 4) is 5.75 Å². The molecule has 3 amide bonds. The molecule has 3 N–H and O–H groups in total. The van der Waals surface area contributed by atoms with Crippen LogP contribution in [0.3, 0.4) is 0 Å². The average Bonchev–Trinajstić information content (AvgIpc) is 3.12. The highest BCUT2D eigenvalue weighted by Gasteiger charge is 2.13. The van der Waals surface area contributed by atoms with Crippen molar-refractivity contribution in [1.82, 2.24) is 4.98 Å². The Labute approximate surface area is 164 Å². The molecule has 0 saturated carbocycles. The van der Waals surface area contributed by atoms with Crippen LogP contribution < -0.4 is 20.7 Å². The molecule has 1 heterocycles. The second-order valence-corrected chi connectivity index (χ2v) is 6.62. The SMILES string of the molecule is COc1ccc(NC(=O)c2csc(NC(=O)Nc3ccc(F)cc3)n2)cc1C. The Morgan fingerprint density at radius 3 is 2.43 bits per heavy atom. The zero-order chi connectivity index (χ0) is 20.1. The molecule has 0 radical (unpaired) electrons. The van der Waals surface area contributed by atoms with E-state index >= 15 is 0 Å². The van der Waals surface area contributed by atoms with Gasteiger partial charge in [-0.1, -0.05) is 0 Å². The van der Waals surface area contributed by atoms with Gasteiger partial charge in [-0.05, 0) is 55.0 Å². The summed E-state index contributed by atoms with van der Waals surface area (Å²) in [4.78, 5) is 28.4. The Morgan fingerprint density at radius 1 is 1.04 bits per heavy atom. The Hall–Kier alpha value is -3.46. The van der Waals surface area contributed by atoms with Gasteiger partial charge in [-0.3, -0.25) is 10.1 Å². The van der Waals surface area contributed by atoms with E-state index in [0.29, 0.717) is 11.4 Å². The maximum atomic E-state index is 12.9. The number of aromatic nitrogens is 1. The van der Waals surface area contributed by atoms with Crippen LogP contribution in [0.15, 0.2) is 47.8 Å². The maximum Gasteiger partial charge on any atom is 0.325 e. The molecule has 7 nitrogen and oxygen atoms in total. The minimum absolute atomic E-state index is 0.176. The monoisotopic (exact) mass is 400 g/mol. The molecule has 9 heteroatoms. The van der Waals surface area contributed by atoms with Crippen molar-refractivity contribution in [2.45, 2.75) is 6.92 Å². The number of hydrogen-bond acceptors (Lipinski definition) is 5. The average molecular weight is 400 g/mol. The van der Waals surface area contributed by atoms with Crippen LogP contribution in [0, 0.1) is 12.7 Å². The maximum absolute atomic E-state index is 12.9. The van der Waals surface area contributed by atoms with Crippen molar-refractivity contribution >= 4 is 39.8 Å². The third kappa shape index (κ3) is 4.83. The van der Waals surface area contributed by atoms with E-state index in [-0.39, 0.29) is 10.8 Å². The van der Waals surface area contributed by atoms with Crippen LogP contribution in [0.4, 0.5) is 25.7 Å². The standard InChI is InChI=1S/C19H17FN4O3S/c1-11-9-14(7-8-16(11)27-2)21-17(25)15-10-28-19(23-15)24-18(26)22-13-5-3-12(20)4-6-13/h3-10H,1-2H3,(H,21,25)(H2,22,23,24,26). The molecular formula is C19H17FN4O3S. The smallest absolute Gasteiger partial charge is 0.325 e. The molecule has 3 aromatic rings. The zero-order valence-electron chi connectivity index (χ0n) is 15.1. The quantitative estimate of drug-likeness (QED) is 0.588. The number of methoxy groups -OCH3 is 1. The number of nitrogens with zero attached hydrogens (tertiary/aromatic N) is 1. The third-order valence-corrected chi connectivity index (χ3v) is 4.47. The van der Waals surface area contributed by atoms with Gasteiger partial charge in [0.25, 0.3) is 5.91 Å². The largest absolute Gasteiger partial charge is 0.496 e. The minimum atomic E-state index is -0.543. The van der Waals surface area contributed by atoms with Crippen molar-refractivity contribution < 1.29 is 18.7 Å². The number of hydrogen-bond donors (Lipinski definition) is 3. The molecule has 0 aliphatic heterocycles. The van der Waals surface area contributed by atoms with Gasteiger partial charge in [0, 0.05) is 16.8 Å². The van der Waals surface area contributed by atoms with E-state index in [0.717, 1.165) is 22.6 Å². The number of rotatable bonds is 5. The predicted molar refractivity (Wildman–Crippen MR) is 107 cm³/mol. The van der Waals surface area contributed by atoms with E-state index in [1.54, 1.807) is 30.7 Å². The molecule has 144 valence electrons. The second-order valence-electron chi connectivity index (χ2n) is 5.76. The number of benzene rings is 2. The van der Waals surface area contributed by atoms with E-state index in [4.69, 9.17) is 4.74 Å². The van der Waals surface area contributed by atoms with Gasteiger partial charge in [0.05, 0.1) is 7.11 Å². The van der Waals surface area contributed by atoms with Gasteiger partial charge in [-0.25, -0.2) is 14.2 Å². The van der Waals surface area contributed by atoms with Gasteiger partial charge >= 0.3 is 6.03 Å². The molecule has 0 aliphatic carbocycles. The lowest BCUT2D eigenvalue weighted by atomic mass is 10.2. The van der Waals surface area contributed by atoms with Crippen molar-refractivity contribution in [2.24, 2.45) is 0 Å². The molecular weight excluding hydrogens is 383 g/mol. The van der Waals surface area contributed by atoms with Crippen LogP contribution in [-0.4, -0.2) is 24.0 Å². The van der Waals surface area contributed by atoms with Crippen LogP contribution >= 0.6 is 11.3 Å². The molecule has 2 aromatic carbocycles. The van der Waals surface area contributed by atoms with Gasteiger partial charge < -0.3 is 15.4 Å². The number of halogens is 1. The van der Waals surface area contributed by atoms with E-state index in [1.165, 1.54) is 24.3 Å². The summed E-state index contributed by atoms with van der Waals surface area (Å²) in [5.74, 6) is -0.0632. The van der Waals surface area contributed by atoms with Crippen LogP contribution in [0.5, 0.6) is 5.75 Å². The predicted octanol–water partition coefficient (Wildman–Crippen LogP) is 4.50. The molecule has 0 fully saturated rings. The lowest BCUT2D eigenvalue weighted by molar-refractivity contribution is 0.102. The number of anilines is 3. The molecule has 0 aliphatic rings. The van der Waals surface area contributed by atoms with Crippen molar-refractivity contribution in [3.63, 3.8) is 0 Å². The van der Waals surface area contributed by atoms with Crippen LogP contribution in [0.2, 0.25) is 0 Å². The van der Waals surface area contributed by atoms with Gasteiger partial charge in [0.2, 0.25) is 0 Å². The van der Waals surface area contributed by atoms with Gasteiger partial charge in [0.1, 0.15) is 17.3 Å². The first-order valence-electron chi connectivity index (χ1n) is 8.19. The molecule has 28 heavy (non-hydrogen) atoms. The molecule has 0 spiro atoms. The van der Waals surface area contributed by atoms with E-state index in [1.807, 2.05) is 6.92 Å². The fourth-order valence-electron chi connectivity index (χ4n) is 2.38. The summed E-state index contributed by atoms with van der Waals surface area (Å²) in [5.41, 5.74) is 2.11. The fourth-order valence-corrected chi connectivity index (χ4v) is 3.07. The Morgan fingerprint density at radius 2 is 1.75 bits per heavy atom. The Kier molecular flexibility index (Phi) is 5.85. The van der Waals surface area contributed by atoms with Gasteiger partial charge in [-0.2, -0.15) is 0 Å². The van der Waals surface area contributed by atoms with Crippen LogP contribution in [0.1, 0.15) is 16.1 Å². The van der Waals surface area contributed by atoms with Crippen molar-refractivity contribution in [2.75, 3.05) is 23.1 Å². The summed E-state index contributed by atoms with van der Waals surface area (Å²) in [5, 5.41) is 9.63. The fraction of sp³-hybridized carbons (Fsp3) is 0.105. The van der Waals surface area contributed by atoms with Crippen LogP contribution in [-0.2, 0) is 0 Å². The molecule has 0 saturated heterocycles. The summed E-state index contributed by atoms with van der Waals surface area (Å²) in [6.07, 6.45) is 0. The summed E-state index contributed by atoms with van der Waals surface area (Å²) in [6, 6.07) is 10.1. The number of carbonyl (C=O) groups excluding carboxylic acids is 2. The zero-order valence-corrected chi connectivity index (χ0v) is 15.9. The number of amides is 3. The molecule has 1 aromatic heterocycles. The molecule has 0 bridgehead atoms. The first-order valence-corrected chi connectivity index (χ1v) is 9.07. The van der Waals surface area contributed by atoms with Crippen molar-refractivity contribution in [3.05, 3.63) is 64.9 Å². The van der Waals surface area contributed by atoms with Gasteiger partial charge in [0.15, 0.2) is 5.13 Å². The number of nitrogens with one attached hydrogen (secondary N) is 3. The Bertz CT molecular complexity index is 1000. The highest BCUT2D eigenvalue weighted by atomic mass is 32.1. The highest BCUT2D eigenvalue weighted by molar-refractivity contribution is 7.14. The van der Waals surface area contributed by atoms with Crippen molar-refractivity contribution in [1.29, 1.82) is 0 Å². The molecule has 0 unspecified atom stereocenters. The summed E-state index contributed by atoms with van der Waals surface area (Å²) < 4.78 is 18.1. The molecule has 3 rings (SSSR count). The highest BCUT2D eigenvalue weighted by Crippen LogP contribution is 2.22. The summed E-state index contributed by atoms with van der Waals surface area (Å²) >= 11 is 1.12. The lowest BCUT2D eigenvalue weighted by Crippen LogP contribution is -2.19. The minimum Gasteiger partial charge on any atom is -0.496 e. The normalized spacial score (nSPS) is 10.2. The number of ether oxygens (including phenoxy) is 1. The lowest BCUT2D eigenvalue weighted by Gasteiger charge is -2.08. The number of thiazole rings is 1. The van der Waals surface area contributed by atoms with E-state index in [2.05, 4.69) is 20.9 Å². The summed E-state index contributed by atoms with van der Waals surface area (Å²) in [6.45, 7) is 1.87. The van der Waals surface area contributed by atoms with E-state index < -0.39 is 17.8 Å². The third-order valence-electron chi connectivity index (χ3n) is 3.71. The number of urea groups is 1. The molecule has 0 atom stereocenters. The summed E-state index contributed by atoms with van der Waals surface area (Å²) in [7, 11) is 1.58. The first-order chi connectivity index (χ1) is 13.4.